The van der Waals surface area contributed by atoms with E-state index in [1.807, 2.05) is 12.1 Å². The van der Waals surface area contributed by atoms with Crippen molar-refractivity contribution >= 4 is 34.6 Å². The van der Waals surface area contributed by atoms with E-state index in [9.17, 15) is 4.39 Å². The minimum atomic E-state index is -0.433. The average molecular weight is 582 g/mol. The van der Waals surface area contributed by atoms with Gasteiger partial charge in [-0.05, 0) is 38.1 Å². The lowest BCUT2D eigenvalue weighted by atomic mass is 10.0. The van der Waals surface area contributed by atoms with Crippen LogP contribution in [0.25, 0.3) is 0 Å². The molecule has 0 radical (unpaired) electrons. The molecular formula is C30H37ClFN7O2. The van der Waals surface area contributed by atoms with Crippen LogP contribution in [0.3, 0.4) is 0 Å². The topological polar surface area (TPSA) is 69.2 Å². The molecule has 218 valence electrons. The zero-order chi connectivity index (χ0) is 28.3. The Morgan fingerprint density at radius 2 is 1.80 bits per heavy atom. The van der Waals surface area contributed by atoms with Gasteiger partial charge in [-0.15, -0.1) is 0 Å². The van der Waals surface area contributed by atoms with E-state index in [1.54, 1.807) is 36.4 Å². The number of methoxy groups -OCH3 is 1. The van der Waals surface area contributed by atoms with Gasteiger partial charge in [-0.25, -0.2) is 19.4 Å². The zero-order valence-corrected chi connectivity index (χ0v) is 24.4. The first-order valence-corrected chi connectivity index (χ1v) is 14.7. The average Bonchev–Trinajstić information content (AvgIpc) is 3.49. The number of anilines is 4. The van der Waals surface area contributed by atoms with Crippen molar-refractivity contribution < 1.29 is 14.0 Å². The molecule has 3 aliphatic heterocycles. The smallest absolute Gasteiger partial charge is 0.158 e. The Balaban J connectivity index is 1.13. The molecule has 41 heavy (non-hydrogen) atoms. The first-order valence-electron chi connectivity index (χ1n) is 14.3. The first-order chi connectivity index (χ1) is 20.0. The third kappa shape index (κ3) is 6.06. The summed E-state index contributed by atoms with van der Waals surface area (Å²) in [4.78, 5) is 22.2. The fourth-order valence-corrected chi connectivity index (χ4v) is 6.30. The van der Waals surface area contributed by atoms with Crippen molar-refractivity contribution in [1.82, 2.24) is 19.8 Å². The van der Waals surface area contributed by atoms with E-state index in [-0.39, 0.29) is 11.1 Å². The molecule has 2 aromatic carbocycles. The van der Waals surface area contributed by atoms with Crippen molar-refractivity contribution in [3.63, 3.8) is 0 Å². The van der Waals surface area contributed by atoms with Gasteiger partial charge >= 0.3 is 0 Å². The maximum atomic E-state index is 14.8. The van der Waals surface area contributed by atoms with Gasteiger partial charge in [-0.1, -0.05) is 23.7 Å². The van der Waals surface area contributed by atoms with E-state index >= 15 is 0 Å². The van der Waals surface area contributed by atoms with Crippen molar-refractivity contribution in [1.29, 1.82) is 0 Å². The lowest BCUT2D eigenvalue weighted by Gasteiger charge is -2.42. The largest absolute Gasteiger partial charge is 0.495 e. The molecule has 0 unspecified atom stereocenters. The lowest BCUT2D eigenvalue weighted by Crippen LogP contribution is -2.52. The van der Waals surface area contributed by atoms with Crippen molar-refractivity contribution in [2.24, 2.45) is 0 Å². The van der Waals surface area contributed by atoms with Crippen LogP contribution < -0.4 is 20.0 Å². The maximum Gasteiger partial charge on any atom is 0.158 e. The summed E-state index contributed by atoms with van der Waals surface area (Å²) >= 11 is 6.04. The number of nitrogens with one attached hydrogen (secondary N) is 1. The van der Waals surface area contributed by atoms with Gasteiger partial charge in [0.1, 0.15) is 23.7 Å². The van der Waals surface area contributed by atoms with Gasteiger partial charge in [0.2, 0.25) is 0 Å². The normalized spacial score (nSPS) is 20.9. The number of rotatable bonds is 7. The molecule has 0 saturated carbocycles. The summed E-state index contributed by atoms with van der Waals surface area (Å²) in [6, 6.07) is 13.3. The Morgan fingerprint density at radius 3 is 2.59 bits per heavy atom. The number of likely N-dealkylation sites (N-methyl/N-ethyl adjacent to an activating group) is 1. The van der Waals surface area contributed by atoms with Gasteiger partial charge in [0, 0.05) is 75.1 Å². The van der Waals surface area contributed by atoms with Crippen LogP contribution in [0.5, 0.6) is 5.75 Å². The van der Waals surface area contributed by atoms with Crippen LogP contribution in [-0.2, 0) is 4.84 Å². The Kier molecular flexibility index (Phi) is 8.43. The highest BCUT2D eigenvalue weighted by molar-refractivity contribution is 6.30. The highest BCUT2D eigenvalue weighted by Crippen LogP contribution is 2.38. The number of piperidine rings is 1. The van der Waals surface area contributed by atoms with Gasteiger partial charge < -0.3 is 19.9 Å². The van der Waals surface area contributed by atoms with Crippen molar-refractivity contribution in [2.45, 2.75) is 31.3 Å². The standard InChI is InChI=1S/C30H37ClFN7O2/c1-36-13-15-37(16-14-36)22-8-11-38(12-9-22)26-7-6-21(18-27(26)40-2)35-28-19-29(34-20-33-28)39-25(10-17-41-39)23-4-3-5-24(31)30(23)32/h3-7,18-20,22,25H,8-17H2,1-2H3,(H,33,34,35)/t25-/m1/s1. The predicted molar refractivity (Wildman–Crippen MR) is 160 cm³/mol. The number of nitrogens with zero attached hydrogens (tertiary/aromatic N) is 6. The molecule has 1 aromatic heterocycles. The number of aromatic nitrogens is 2. The summed E-state index contributed by atoms with van der Waals surface area (Å²) in [6.07, 6.45) is 4.42. The second-order valence-corrected chi connectivity index (χ2v) is 11.3. The molecule has 3 aliphatic rings. The SMILES string of the molecule is COc1cc(Nc2cc(N3OCC[C@@H]3c3cccc(Cl)c3F)ncn2)ccc1N1CCC(N2CCN(C)CC2)CC1. The molecule has 0 bridgehead atoms. The van der Waals surface area contributed by atoms with E-state index in [0.717, 1.165) is 69.2 Å². The fourth-order valence-electron chi connectivity index (χ4n) is 6.11. The van der Waals surface area contributed by atoms with Crippen LogP contribution in [0.1, 0.15) is 30.9 Å². The Hall–Kier alpha value is -3.18. The van der Waals surface area contributed by atoms with Gasteiger partial charge in [0.05, 0.1) is 30.5 Å². The zero-order valence-electron chi connectivity index (χ0n) is 23.6. The summed E-state index contributed by atoms with van der Waals surface area (Å²) in [5, 5.41) is 5.09. The summed E-state index contributed by atoms with van der Waals surface area (Å²) in [5.74, 6) is 1.52. The monoisotopic (exact) mass is 581 g/mol. The number of benzene rings is 2. The van der Waals surface area contributed by atoms with E-state index in [2.05, 4.69) is 43.1 Å². The second kappa shape index (κ2) is 12.4. The van der Waals surface area contributed by atoms with E-state index in [4.69, 9.17) is 21.2 Å². The lowest BCUT2D eigenvalue weighted by molar-refractivity contribution is 0.0981. The van der Waals surface area contributed by atoms with Crippen LogP contribution in [0.2, 0.25) is 5.02 Å². The molecule has 3 fully saturated rings. The molecule has 1 atom stereocenters. The molecule has 0 amide bonds. The number of hydroxylamine groups is 1. The number of ether oxygens (including phenoxy) is 1. The number of halogens is 2. The molecule has 11 heteroatoms. The van der Waals surface area contributed by atoms with Gasteiger partial charge in [-0.3, -0.25) is 9.74 Å². The fraction of sp³-hybridized carbons (Fsp3) is 0.467. The number of hydrogen-bond donors (Lipinski definition) is 1. The quantitative estimate of drug-likeness (QED) is 0.409. The van der Waals surface area contributed by atoms with Gasteiger partial charge in [-0.2, -0.15) is 0 Å². The van der Waals surface area contributed by atoms with E-state index in [0.29, 0.717) is 36.3 Å². The van der Waals surface area contributed by atoms with Gasteiger partial charge in [0.15, 0.2) is 5.82 Å². The summed E-state index contributed by atoms with van der Waals surface area (Å²) in [6.45, 7) is 7.12. The van der Waals surface area contributed by atoms with Crippen LogP contribution in [-0.4, -0.2) is 85.8 Å². The summed E-state index contributed by atoms with van der Waals surface area (Å²) in [5.41, 5.74) is 2.44. The highest BCUT2D eigenvalue weighted by atomic mass is 35.5. The second-order valence-electron chi connectivity index (χ2n) is 10.9. The highest BCUT2D eigenvalue weighted by Gasteiger charge is 2.32. The predicted octanol–water partition coefficient (Wildman–Crippen LogP) is 5.12. The third-order valence-electron chi connectivity index (χ3n) is 8.44. The van der Waals surface area contributed by atoms with Crippen molar-refractivity contribution in [3.05, 3.63) is 65.2 Å². The minimum Gasteiger partial charge on any atom is -0.495 e. The first kappa shape index (κ1) is 28.0. The number of hydrogen-bond acceptors (Lipinski definition) is 9. The van der Waals surface area contributed by atoms with Crippen LogP contribution in [0.15, 0.2) is 48.8 Å². The van der Waals surface area contributed by atoms with Crippen LogP contribution >= 0.6 is 11.6 Å². The van der Waals surface area contributed by atoms with Gasteiger partial charge in [0.25, 0.3) is 0 Å². The van der Waals surface area contributed by atoms with Crippen molar-refractivity contribution in [2.75, 3.05) is 75.3 Å². The Bertz CT molecular complexity index is 1350. The Labute approximate surface area is 245 Å². The molecule has 0 spiro atoms. The molecule has 6 rings (SSSR count). The summed E-state index contributed by atoms with van der Waals surface area (Å²) in [7, 11) is 3.92. The molecule has 3 saturated heterocycles. The molecule has 4 heterocycles. The Morgan fingerprint density at radius 1 is 1.00 bits per heavy atom. The minimum absolute atomic E-state index is 0.0937. The van der Waals surface area contributed by atoms with Crippen molar-refractivity contribution in [3.8, 4) is 5.75 Å². The third-order valence-corrected chi connectivity index (χ3v) is 8.73. The molecule has 9 nitrogen and oxygen atoms in total. The molecule has 0 aliphatic carbocycles. The number of piperazine rings is 1. The maximum absolute atomic E-state index is 14.8. The molecule has 1 N–H and O–H groups in total. The van der Waals surface area contributed by atoms with Crippen LogP contribution in [0, 0.1) is 5.82 Å². The van der Waals surface area contributed by atoms with E-state index in [1.165, 1.54) is 6.33 Å². The van der Waals surface area contributed by atoms with Crippen LogP contribution in [0.4, 0.5) is 27.4 Å². The molecule has 3 aromatic rings. The molecular weight excluding hydrogens is 545 g/mol. The summed E-state index contributed by atoms with van der Waals surface area (Å²) < 4.78 is 20.6. The van der Waals surface area contributed by atoms with E-state index < -0.39 is 5.82 Å².